The number of carbonyl (C=O) groups excluding carboxylic acids is 2. The van der Waals surface area contributed by atoms with Crippen LogP contribution in [0.25, 0.3) is 0 Å². The van der Waals surface area contributed by atoms with Gasteiger partial charge in [0.1, 0.15) is 5.82 Å². The van der Waals surface area contributed by atoms with E-state index in [1.807, 2.05) is 51.2 Å². The summed E-state index contributed by atoms with van der Waals surface area (Å²) in [5.41, 5.74) is 4.34. The molecule has 0 saturated heterocycles. The highest BCUT2D eigenvalue weighted by Crippen LogP contribution is 2.39. The number of allylic oxidation sites excluding steroid dienone is 9. The predicted molar refractivity (Wildman–Crippen MR) is 122 cm³/mol. The number of amides is 1. The number of Topliss-reactive ketones (excluding diaryl/α,β-unsaturated/α-hetero) is 1. The van der Waals surface area contributed by atoms with Crippen molar-refractivity contribution < 1.29 is 14.0 Å². The summed E-state index contributed by atoms with van der Waals surface area (Å²) in [6.45, 7) is 10.1. The number of halogens is 1. The summed E-state index contributed by atoms with van der Waals surface area (Å²) < 4.78 is 12.9. The summed E-state index contributed by atoms with van der Waals surface area (Å²) >= 11 is 0. The van der Waals surface area contributed by atoms with Crippen molar-refractivity contribution >= 4 is 17.4 Å². The number of nitrogens with one attached hydrogen (secondary N) is 1. The van der Waals surface area contributed by atoms with Crippen molar-refractivity contribution in [2.75, 3.05) is 5.32 Å². The smallest absolute Gasteiger partial charge is 0.248 e. The Balaban J connectivity index is 1.99. The molecule has 1 aromatic rings. The van der Waals surface area contributed by atoms with Gasteiger partial charge in [-0.3, -0.25) is 9.59 Å². The van der Waals surface area contributed by atoms with Crippen LogP contribution in [-0.2, 0) is 9.59 Å². The Hall–Kier alpha value is -3.01. The molecule has 0 heterocycles. The minimum Gasteiger partial charge on any atom is -0.323 e. The van der Waals surface area contributed by atoms with E-state index in [1.54, 1.807) is 0 Å². The van der Waals surface area contributed by atoms with E-state index >= 15 is 0 Å². The molecule has 1 aliphatic carbocycles. The average molecular weight is 408 g/mol. The maximum absolute atomic E-state index is 12.9. The molecule has 0 unspecified atom stereocenters. The zero-order chi connectivity index (χ0) is 22.3. The van der Waals surface area contributed by atoms with E-state index < -0.39 is 0 Å². The van der Waals surface area contributed by atoms with Crippen molar-refractivity contribution in [1.29, 1.82) is 0 Å². The first-order chi connectivity index (χ1) is 14.1. The van der Waals surface area contributed by atoms with E-state index in [9.17, 15) is 14.0 Å². The first-order valence-corrected chi connectivity index (χ1v) is 10.1. The van der Waals surface area contributed by atoms with Gasteiger partial charge in [0.15, 0.2) is 5.78 Å². The van der Waals surface area contributed by atoms with Gasteiger partial charge in [-0.05, 0) is 73.6 Å². The minimum atomic E-state index is -0.344. The van der Waals surface area contributed by atoms with E-state index in [1.165, 1.54) is 30.3 Å². The van der Waals surface area contributed by atoms with Crippen molar-refractivity contribution in [2.45, 2.75) is 47.5 Å². The fourth-order valence-corrected chi connectivity index (χ4v) is 3.35. The summed E-state index contributed by atoms with van der Waals surface area (Å²) in [6.07, 6.45) is 12.7. The summed E-state index contributed by atoms with van der Waals surface area (Å²) in [4.78, 5) is 24.1. The van der Waals surface area contributed by atoms with Crippen LogP contribution in [-0.4, -0.2) is 11.7 Å². The number of carbonyl (C=O) groups is 2. The molecular weight excluding hydrogens is 377 g/mol. The van der Waals surface area contributed by atoms with Gasteiger partial charge in [-0.15, -0.1) is 0 Å². The molecule has 3 nitrogen and oxygen atoms in total. The van der Waals surface area contributed by atoms with Gasteiger partial charge >= 0.3 is 0 Å². The Morgan fingerprint density at radius 2 is 1.77 bits per heavy atom. The largest absolute Gasteiger partial charge is 0.323 e. The van der Waals surface area contributed by atoms with Crippen LogP contribution >= 0.6 is 0 Å². The quantitative estimate of drug-likeness (QED) is 0.434. The van der Waals surface area contributed by atoms with Crippen LogP contribution in [0.4, 0.5) is 10.1 Å². The molecule has 1 aromatic carbocycles. The van der Waals surface area contributed by atoms with Crippen LogP contribution in [0.3, 0.4) is 0 Å². The van der Waals surface area contributed by atoms with Crippen LogP contribution in [0.5, 0.6) is 0 Å². The fourth-order valence-electron chi connectivity index (χ4n) is 3.35. The number of hydrogen-bond acceptors (Lipinski definition) is 2. The number of hydrogen-bond donors (Lipinski definition) is 1. The van der Waals surface area contributed by atoms with Gasteiger partial charge < -0.3 is 5.32 Å². The number of ketones is 1. The lowest BCUT2D eigenvalue weighted by atomic mass is 9.72. The van der Waals surface area contributed by atoms with E-state index in [-0.39, 0.29) is 22.9 Å². The molecule has 158 valence electrons. The molecule has 0 fully saturated rings. The van der Waals surface area contributed by atoms with Gasteiger partial charge in [-0.2, -0.15) is 0 Å². The van der Waals surface area contributed by atoms with Crippen molar-refractivity contribution in [2.24, 2.45) is 5.41 Å². The second kappa shape index (κ2) is 10.1. The average Bonchev–Trinajstić information content (AvgIpc) is 2.66. The van der Waals surface area contributed by atoms with E-state index in [0.717, 1.165) is 28.7 Å². The first kappa shape index (κ1) is 23.3. The molecule has 0 bridgehead atoms. The highest BCUT2D eigenvalue weighted by atomic mass is 19.1. The summed E-state index contributed by atoms with van der Waals surface area (Å²) in [5, 5.41) is 2.70. The zero-order valence-electron chi connectivity index (χ0n) is 18.4. The maximum atomic E-state index is 12.9. The van der Waals surface area contributed by atoms with Gasteiger partial charge in [0.2, 0.25) is 5.91 Å². The molecule has 4 heteroatoms. The van der Waals surface area contributed by atoms with Gasteiger partial charge in [0.05, 0.1) is 0 Å². The fraction of sp³-hybridized carbons (Fsp3) is 0.308. The lowest BCUT2D eigenvalue weighted by Crippen LogP contribution is -2.24. The summed E-state index contributed by atoms with van der Waals surface area (Å²) in [5.74, 6) is -0.380. The molecular formula is C26H30FNO2. The monoisotopic (exact) mass is 407 g/mol. The molecule has 1 N–H and O–H groups in total. The van der Waals surface area contributed by atoms with Gasteiger partial charge in [-0.25, -0.2) is 4.39 Å². The summed E-state index contributed by atoms with van der Waals surface area (Å²) in [6, 6.07) is 5.64. The molecule has 0 spiro atoms. The molecule has 0 aromatic heterocycles. The second-order valence-electron chi connectivity index (χ2n) is 8.33. The Kier molecular flexibility index (Phi) is 7.87. The lowest BCUT2D eigenvalue weighted by molar-refractivity contribution is -0.116. The third-order valence-corrected chi connectivity index (χ3v) is 5.23. The molecule has 1 aliphatic rings. The molecule has 1 amide bonds. The topological polar surface area (TPSA) is 46.2 Å². The first-order valence-electron chi connectivity index (χ1n) is 10.1. The standard InChI is InChI=1S/C26H30FNO2/c1-18(9-14-23-20(3)24(29)15-16-26(23,4)5)7-6-8-19(2)17-25(30)28-22-12-10-21(27)11-13-22/h6-14,17H,15-16H2,1-5H3,(H,28,30)/b8-6+,14-9+,18-7+,19-17+. The van der Waals surface area contributed by atoms with Gasteiger partial charge in [0, 0.05) is 18.2 Å². The zero-order valence-corrected chi connectivity index (χ0v) is 18.4. The predicted octanol–water partition coefficient (Wildman–Crippen LogP) is 6.47. The van der Waals surface area contributed by atoms with E-state index in [0.29, 0.717) is 12.1 Å². The second-order valence-corrected chi connectivity index (χ2v) is 8.33. The number of anilines is 1. The SMILES string of the molecule is CC1=C(/C=C/C(C)=C/C=C/C(C)=C/C(=O)Nc2ccc(F)cc2)C(C)(C)CCC1=O. The third-order valence-electron chi connectivity index (χ3n) is 5.23. The van der Waals surface area contributed by atoms with Gasteiger partial charge in [-0.1, -0.05) is 49.8 Å². The lowest BCUT2D eigenvalue weighted by Gasteiger charge is -2.32. The Morgan fingerprint density at radius 3 is 2.43 bits per heavy atom. The Labute approximate surface area is 178 Å². The van der Waals surface area contributed by atoms with Crippen molar-refractivity contribution in [3.05, 3.63) is 88.8 Å². The van der Waals surface area contributed by atoms with Crippen LogP contribution in [0.1, 0.15) is 47.5 Å². The highest BCUT2D eigenvalue weighted by Gasteiger charge is 2.30. The Bertz CT molecular complexity index is 957. The van der Waals surface area contributed by atoms with Crippen LogP contribution < -0.4 is 5.32 Å². The van der Waals surface area contributed by atoms with Gasteiger partial charge in [0.25, 0.3) is 0 Å². The number of benzene rings is 1. The third kappa shape index (κ3) is 6.80. The van der Waals surface area contributed by atoms with E-state index in [2.05, 4.69) is 19.2 Å². The van der Waals surface area contributed by atoms with E-state index in [4.69, 9.17) is 0 Å². The molecule has 0 radical (unpaired) electrons. The van der Waals surface area contributed by atoms with Crippen LogP contribution in [0, 0.1) is 11.2 Å². The normalized spacial score (nSPS) is 17.9. The molecule has 0 aliphatic heterocycles. The van der Waals surface area contributed by atoms with Crippen molar-refractivity contribution in [3.8, 4) is 0 Å². The minimum absolute atomic E-state index is 0.00181. The van der Waals surface area contributed by atoms with Crippen molar-refractivity contribution in [1.82, 2.24) is 0 Å². The van der Waals surface area contributed by atoms with Crippen LogP contribution in [0.2, 0.25) is 0 Å². The Morgan fingerprint density at radius 1 is 1.10 bits per heavy atom. The molecule has 0 saturated carbocycles. The number of rotatable bonds is 6. The van der Waals surface area contributed by atoms with Crippen molar-refractivity contribution in [3.63, 3.8) is 0 Å². The highest BCUT2D eigenvalue weighted by molar-refractivity contribution is 6.00. The molecule has 2 rings (SSSR count). The van der Waals surface area contributed by atoms with Crippen LogP contribution in [0.15, 0.2) is 83.0 Å². The molecule has 0 atom stereocenters. The summed E-state index contributed by atoms with van der Waals surface area (Å²) in [7, 11) is 0. The maximum Gasteiger partial charge on any atom is 0.248 e. The molecule has 30 heavy (non-hydrogen) atoms.